The molecule has 0 spiro atoms. The van der Waals surface area contributed by atoms with E-state index in [2.05, 4.69) is 15.9 Å². The highest BCUT2D eigenvalue weighted by atomic mass is 79.9. The molecule has 1 aromatic rings. The highest BCUT2D eigenvalue weighted by Crippen LogP contribution is 2.31. The Labute approximate surface area is 98.4 Å². The third kappa shape index (κ3) is 2.70. The van der Waals surface area contributed by atoms with E-state index < -0.39 is 17.9 Å². The molecule has 2 N–H and O–H groups in total. The van der Waals surface area contributed by atoms with Gasteiger partial charge >= 0.3 is 5.97 Å². The number of thioether (sulfide) groups is 1. The van der Waals surface area contributed by atoms with Gasteiger partial charge in [-0.15, -0.1) is 11.8 Å². The first-order valence-electron chi connectivity index (χ1n) is 3.91. The van der Waals surface area contributed by atoms with Crippen molar-refractivity contribution in [3.8, 4) is 0 Å². The molecule has 0 aliphatic heterocycles. The second-order valence-electron chi connectivity index (χ2n) is 2.76. The summed E-state index contributed by atoms with van der Waals surface area (Å²) in [5.41, 5.74) is 0.0182. The molecule has 0 radical (unpaired) electrons. The molecule has 1 unspecified atom stereocenters. The number of aliphatic hydroxyl groups excluding tert-OH is 1. The number of carboxylic acid groups (broad SMARTS) is 1. The molecule has 0 aliphatic carbocycles. The maximum Gasteiger partial charge on any atom is 0.337 e. The smallest absolute Gasteiger partial charge is 0.337 e. The first-order chi connectivity index (χ1) is 6.97. The molecular weight excluding hydrogens is 287 g/mol. The highest BCUT2D eigenvalue weighted by molar-refractivity contribution is 9.10. The van der Waals surface area contributed by atoms with Gasteiger partial charge in [-0.3, -0.25) is 0 Å². The van der Waals surface area contributed by atoms with E-state index in [1.54, 1.807) is 6.26 Å². The van der Waals surface area contributed by atoms with Gasteiger partial charge in [-0.05, 0) is 39.9 Å². The van der Waals surface area contributed by atoms with Gasteiger partial charge in [0, 0.05) is 4.47 Å². The number of carbonyl (C=O) groups is 1. The average Bonchev–Trinajstić information content (AvgIpc) is 2.15. The number of carboxylic acids is 1. The Balaban J connectivity index is 3.19. The summed E-state index contributed by atoms with van der Waals surface area (Å²) >= 11 is 4.31. The van der Waals surface area contributed by atoms with Crippen LogP contribution in [0.25, 0.3) is 0 Å². The van der Waals surface area contributed by atoms with Crippen molar-refractivity contribution in [3.63, 3.8) is 0 Å². The van der Waals surface area contributed by atoms with Crippen LogP contribution in [0.15, 0.2) is 21.5 Å². The number of hydrogen-bond acceptors (Lipinski definition) is 3. The van der Waals surface area contributed by atoms with E-state index in [0.29, 0.717) is 9.37 Å². The minimum absolute atomic E-state index is 0.0182. The van der Waals surface area contributed by atoms with Crippen LogP contribution < -0.4 is 0 Å². The number of aliphatic carboxylic acids is 1. The van der Waals surface area contributed by atoms with E-state index in [9.17, 15) is 14.3 Å². The summed E-state index contributed by atoms with van der Waals surface area (Å²) in [6, 6.07) is 2.42. The molecule has 0 aliphatic rings. The zero-order valence-electron chi connectivity index (χ0n) is 7.70. The SMILES string of the molecule is CSc1c(F)cc(C(O)C(=O)O)cc1Br. The van der Waals surface area contributed by atoms with Gasteiger partial charge in [0.15, 0.2) is 6.10 Å². The molecule has 15 heavy (non-hydrogen) atoms. The van der Waals surface area contributed by atoms with Gasteiger partial charge in [0.25, 0.3) is 0 Å². The standard InChI is InChI=1S/C9H8BrFO3S/c1-15-8-5(10)2-4(3-6(8)11)7(12)9(13)14/h2-3,7,12H,1H3,(H,13,14). The zero-order valence-corrected chi connectivity index (χ0v) is 10.1. The van der Waals surface area contributed by atoms with E-state index >= 15 is 0 Å². The Morgan fingerprint density at radius 3 is 2.60 bits per heavy atom. The number of hydrogen-bond donors (Lipinski definition) is 2. The van der Waals surface area contributed by atoms with Crippen molar-refractivity contribution < 1.29 is 19.4 Å². The molecule has 82 valence electrons. The molecule has 1 atom stereocenters. The Morgan fingerprint density at radius 1 is 1.60 bits per heavy atom. The number of halogens is 2. The fourth-order valence-corrected chi connectivity index (χ4v) is 2.52. The van der Waals surface area contributed by atoms with Crippen molar-refractivity contribution in [3.05, 3.63) is 28.0 Å². The summed E-state index contributed by atoms with van der Waals surface area (Å²) in [6.45, 7) is 0. The Hall–Kier alpha value is -0.590. The average molecular weight is 295 g/mol. The minimum Gasteiger partial charge on any atom is -0.479 e. The first-order valence-corrected chi connectivity index (χ1v) is 5.93. The topological polar surface area (TPSA) is 57.5 Å². The predicted octanol–water partition coefficient (Wildman–Crippen LogP) is 2.43. The monoisotopic (exact) mass is 294 g/mol. The lowest BCUT2D eigenvalue weighted by Gasteiger charge is -2.09. The van der Waals surface area contributed by atoms with E-state index in [0.717, 1.165) is 6.07 Å². The van der Waals surface area contributed by atoms with Crippen molar-refractivity contribution in [1.29, 1.82) is 0 Å². The molecule has 0 aromatic heterocycles. The van der Waals surface area contributed by atoms with Crippen molar-refractivity contribution in [2.75, 3.05) is 6.26 Å². The lowest BCUT2D eigenvalue weighted by atomic mass is 10.1. The molecular formula is C9H8BrFO3S. The molecule has 0 fully saturated rings. The third-order valence-electron chi connectivity index (χ3n) is 1.77. The third-order valence-corrected chi connectivity index (χ3v) is 3.49. The van der Waals surface area contributed by atoms with Gasteiger partial charge < -0.3 is 10.2 Å². The van der Waals surface area contributed by atoms with Crippen molar-refractivity contribution in [2.24, 2.45) is 0 Å². The molecule has 0 saturated heterocycles. The molecule has 0 bridgehead atoms. The first kappa shape index (κ1) is 12.5. The normalized spacial score (nSPS) is 12.5. The second kappa shape index (κ2) is 4.96. The largest absolute Gasteiger partial charge is 0.479 e. The highest BCUT2D eigenvalue weighted by Gasteiger charge is 2.19. The fourth-order valence-electron chi connectivity index (χ4n) is 1.07. The van der Waals surface area contributed by atoms with Crippen molar-refractivity contribution >= 4 is 33.7 Å². The summed E-state index contributed by atoms with van der Waals surface area (Å²) in [5, 5.41) is 17.8. The Morgan fingerprint density at radius 2 is 2.20 bits per heavy atom. The molecule has 0 amide bonds. The summed E-state index contributed by atoms with van der Waals surface area (Å²) in [5.74, 6) is -1.95. The minimum atomic E-state index is -1.70. The second-order valence-corrected chi connectivity index (χ2v) is 4.43. The van der Waals surface area contributed by atoms with Crippen LogP contribution in [0.4, 0.5) is 4.39 Å². The van der Waals surface area contributed by atoms with Crippen molar-refractivity contribution in [2.45, 2.75) is 11.0 Å². The van der Waals surface area contributed by atoms with Gasteiger partial charge in [0.05, 0.1) is 4.90 Å². The summed E-state index contributed by atoms with van der Waals surface area (Å²) in [6.07, 6.45) is 0.00271. The van der Waals surface area contributed by atoms with Crippen molar-refractivity contribution in [1.82, 2.24) is 0 Å². The van der Waals surface area contributed by atoms with Crippen LogP contribution in [0.5, 0.6) is 0 Å². The molecule has 1 aromatic carbocycles. The van der Waals surface area contributed by atoms with Gasteiger partial charge in [-0.1, -0.05) is 0 Å². The fraction of sp³-hybridized carbons (Fsp3) is 0.222. The van der Waals surface area contributed by atoms with Crippen LogP contribution in [0.2, 0.25) is 0 Å². The van der Waals surface area contributed by atoms with Gasteiger partial charge in [0.2, 0.25) is 0 Å². The van der Waals surface area contributed by atoms with Crippen LogP contribution >= 0.6 is 27.7 Å². The quantitative estimate of drug-likeness (QED) is 0.841. The van der Waals surface area contributed by atoms with E-state index in [1.165, 1.54) is 17.8 Å². The summed E-state index contributed by atoms with van der Waals surface area (Å²) in [4.78, 5) is 10.9. The van der Waals surface area contributed by atoms with Crippen LogP contribution in [0.1, 0.15) is 11.7 Å². The molecule has 3 nitrogen and oxygen atoms in total. The van der Waals surface area contributed by atoms with Crippen LogP contribution in [0.3, 0.4) is 0 Å². The lowest BCUT2D eigenvalue weighted by molar-refractivity contribution is -0.146. The predicted molar refractivity (Wildman–Crippen MR) is 58.5 cm³/mol. The number of aliphatic hydroxyl groups is 1. The zero-order chi connectivity index (χ0) is 11.6. The lowest BCUT2D eigenvalue weighted by Crippen LogP contribution is -2.10. The maximum absolute atomic E-state index is 13.4. The van der Waals surface area contributed by atoms with Crippen LogP contribution in [0, 0.1) is 5.82 Å². The maximum atomic E-state index is 13.4. The molecule has 0 heterocycles. The van der Waals surface area contributed by atoms with E-state index in [4.69, 9.17) is 5.11 Å². The van der Waals surface area contributed by atoms with Gasteiger partial charge in [-0.2, -0.15) is 0 Å². The van der Waals surface area contributed by atoms with Crippen LogP contribution in [-0.4, -0.2) is 22.4 Å². The number of rotatable bonds is 3. The van der Waals surface area contributed by atoms with Gasteiger partial charge in [-0.25, -0.2) is 9.18 Å². The number of benzene rings is 1. The molecule has 0 saturated carbocycles. The van der Waals surface area contributed by atoms with Gasteiger partial charge in [0.1, 0.15) is 5.82 Å². The molecule has 6 heteroatoms. The Kier molecular flexibility index (Phi) is 4.12. The Bertz CT molecular complexity index is 374. The summed E-state index contributed by atoms with van der Waals surface area (Å²) < 4.78 is 13.8. The van der Waals surface area contributed by atoms with E-state index in [1.807, 2.05) is 0 Å². The van der Waals surface area contributed by atoms with E-state index in [-0.39, 0.29) is 5.56 Å². The summed E-state index contributed by atoms with van der Waals surface area (Å²) in [7, 11) is 0. The van der Waals surface area contributed by atoms with Crippen LogP contribution in [-0.2, 0) is 4.79 Å². The molecule has 1 rings (SSSR count).